The zero-order chi connectivity index (χ0) is 18.3. The van der Waals surface area contributed by atoms with Gasteiger partial charge in [-0.3, -0.25) is 10.1 Å². The van der Waals surface area contributed by atoms with Gasteiger partial charge in [0.2, 0.25) is 0 Å². The first-order valence-electron chi connectivity index (χ1n) is 8.56. The van der Waals surface area contributed by atoms with Crippen molar-refractivity contribution in [2.24, 2.45) is 5.92 Å². The number of hydrogen-bond donors (Lipinski definition) is 1. The summed E-state index contributed by atoms with van der Waals surface area (Å²) in [7, 11) is 3.23. The number of methoxy groups -OCH3 is 2. The van der Waals surface area contributed by atoms with Crippen LogP contribution < -0.4 is 14.8 Å². The Hall–Kier alpha value is -3.02. The summed E-state index contributed by atoms with van der Waals surface area (Å²) in [6.45, 7) is 0. The predicted octanol–water partition coefficient (Wildman–Crippen LogP) is 4.44. The van der Waals surface area contributed by atoms with Crippen LogP contribution in [0.3, 0.4) is 0 Å². The molecule has 0 amide bonds. The summed E-state index contributed by atoms with van der Waals surface area (Å²) in [4.78, 5) is 11.3. The molecular weight excluding hydrogens is 332 g/mol. The van der Waals surface area contributed by atoms with Crippen molar-refractivity contribution in [2.75, 3.05) is 19.5 Å². The Morgan fingerprint density at radius 2 is 2.04 bits per heavy atom. The molecule has 0 saturated heterocycles. The highest BCUT2D eigenvalue weighted by molar-refractivity contribution is 5.73. The topological polar surface area (TPSA) is 73.6 Å². The maximum absolute atomic E-state index is 11.6. The second kappa shape index (κ2) is 6.37. The number of nitro groups is 1. The summed E-state index contributed by atoms with van der Waals surface area (Å²) in [5, 5.41) is 15.1. The monoisotopic (exact) mass is 352 g/mol. The Kier molecular flexibility index (Phi) is 4.03. The van der Waals surface area contributed by atoms with E-state index in [1.807, 2.05) is 18.2 Å². The molecule has 0 fully saturated rings. The summed E-state index contributed by atoms with van der Waals surface area (Å²) in [5.74, 6) is 1.61. The van der Waals surface area contributed by atoms with Gasteiger partial charge in [0, 0.05) is 12.0 Å². The number of allylic oxidation sites excluding steroid dienone is 2. The van der Waals surface area contributed by atoms with Crippen molar-refractivity contribution in [3.63, 3.8) is 0 Å². The van der Waals surface area contributed by atoms with E-state index >= 15 is 0 Å². The lowest BCUT2D eigenvalue weighted by molar-refractivity contribution is -0.385. The van der Waals surface area contributed by atoms with Crippen LogP contribution in [-0.2, 0) is 0 Å². The van der Waals surface area contributed by atoms with E-state index in [9.17, 15) is 10.1 Å². The number of rotatable bonds is 4. The van der Waals surface area contributed by atoms with E-state index in [0.29, 0.717) is 17.0 Å². The predicted molar refractivity (Wildman–Crippen MR) is 99.0 cm³/mol. The zero-order valence-corrected chi connectivity index (χ0v) is 14.6. The largest absolute Gasteiger partial charge is 0.497 e. The minimum Gasteiger partial charge on any atom is -0.497 e. The number of anilines is 1. The summed E-state index contributed by atoms with van der Waals surface area (Å²) >= 11 is 0. The molecule has 6 nitrogen and oxygen atoms in total. The molecule has 0 bridgehead atoms. The van der Waals surface area contributed by atoms with Crippen LogP contribution in [0, 0.1) is 16.0 Å². The van der Waals surface area contributed by atoms with Crippen molar-refractivity contribution < 1.29 is 14.4 Å². The van der Waals surface area contributed by atoms with Crippen molar-refractivity contribution >= 4 is 11.4 Å². The molecule has 0 aromatic heterocycles. The first-order chi connectivity index (χ1) is 12.6. The third kappa shape index (κ3) is 2.49. The molecule has 134 valence electrons. The van der Waals surface area contributed by atoms with Crippen LogP contribution in [-0.4, -0.2) is 19.1 Å². The van der Waals surface area contributed by atoms with Gasteiger partial charge in [0.05, 0.1) is 36.4 Å². The first-order valence-corrected chi connectivity index (χ1v) is 8.56. The minimum atomic E-state index is -0.310. The van der Waals surface area contributed by atoms with Gasteiger partial charge in [0.1, 0.15) is 11.5 Å². The number of fused-ring (bicyclic) bond motifs is 3. The second-order valence-corrected chi connectivity index (χ2v) is 6.58. The van der Waals surface area contributed by atoms with E-state index in [2.05, 4.69) is 23.5 Å². The molecule has 2 aromatic carbocycles. The number of ether oxygens (including phenoxy) is 2. The molecule has 2 aromatic rings. The third-order valence-corrected chi connectivity index (χ3v) is 5.33. The van der Waals surface area contributed by atoms with Gasteiger partial charge in [-0.15, -0.1) is 0 Å². The SMILES string of the molecule is COc1cccc([C@@H]2Nc3c(OC)ccc([N+](=O)[O-])c3[C@@H]3C=CC[C@@H]32)c1. The smallest absolute Gasteiger partial charge is 0.275 e. The highest BCUT2D eigenvalue weighted by Gasteiger charge is 2.42. The maximum Gasteiger partial charge on any atom is 0.275 e. The second-order valence-electron chi connectivity index (χ2n) is 6.58. The lowest BCUT2D eigenvalue weighted by Crippen LogP contribution is -2.30. The Morgan fingerprint density at radius 3 is 2.77 bits per heavy atom. The van der Waals surface area contributed by atoms with E-state index in [4.69, 9.17) is 9.47 Å². The van der Waals surface area contributed by atoms with Crippen LogP contribution in [0.25, 0.3) is 0 Å². The van der Waals surface area contributed by atoms with E-state index in [1.54, 1.807) is 20.3 Å². The zero-order valence-electron chi connectivity index (χ0n) is 14.6. The minimum absolute atomic E-state index is 0.0158. The molecule has 26 heavy (non-hydrogen) atoms. The van der Waals surface area contributed by atoms with Gasteiger partial charge in [-0.2, -0.15) is 0 Å². The van der Waals surface area contributed by atoms with Crippen molar-refractivity contribution in [3.8, 4) is 11.5 Å². The Bertz CT molecular complexity index is 893. The van der Waals surface area contributed by atoms with E-state index < -0.39 is 0 Å². The molecule has 0 unspecified atom stereocenters. The Balaban J connectivity index is 1.87. The highest BCUT2D eigenvalue weighted by Crippen LogP contribution is 2.55. The average molecular weight is 352 g/mol. The first kappa shape index (κ1) is 16.4. The van der Waals surface area contributed by atoms with Gasteiger partial charge in [0.15, 0.2) is 0 Å². The fourth-order valence-corrected chi connectivity index (χ4v) is 4.16. The molecule has 2 aliphatic rings. The fraction of sp³-hybridized carbons (Fsp3) is 0.300. The number of benzene rings is 2. The number of nitrogens with zero attached hydrogens (tertiary/aromatic N) is 1. The van der Waals surface area contributed by atoms with Crippen molar-refractivity contribution in [1.82, 2.24) is 0 Å². The summed E-state index contributed by atoms with van der Waals surface area (Å²) in [5.41, 5.74) is 2.66. The number of nitrogens with one attached hydrogen (secondary N) is 1. The average Bonchev–Trinajstić information content (AvgIpc) is 3.16. The Labute approximate surface area is 151 Å². The van der Waals surface area contributed by atoms with E-state index in [0.717, 1.165) is 17.7 Å². The lowest BCUT2D eigenvalue weighted by Gasteiger charge is -2.37. The number of hydrogen-bond acceptors (Lipinski definition) is 5. The normalized spacial score (nSPS) is 22.9. The quantitative estimate of drug-likeness (QED) is 0.500. The van der Waals surface area contributed by atoms with Crippen LogP contribution in [0.4, 0.5) is 11.4 Å². The molecule has 6 heteroatoms. The Morgan fingerprint density at radius 1 is 1.19 bits per heavy atom. The lowest BCUT2D eigenvalue weighted by atomic mass is 9.76. The van der Waals surface area contributed by atoms with Gasteiger partial charge < -0.3 is 14.8 Å². The van der Waals surface area contributed by atoms with E-state index in [-0.39, 0.29) is 28.5 Å². The van der Waals surface area contributed by atoms with Crippen molar-refractivity contribution in [3.05, 3.63) is 69.8 Å². The molecule has 1 aliphatic carbocycles. The van der Waals surface area contributed by atoms with Crippen molar-refractivity contribution in [2.45, 2.75) is 18.4 Å². The molecule has 1 N–H and O–H groups in total. The summed E-state index contributed by atoms with van der Waals surface area (Å²) < 4.78 is 10.9. The molecule has 0 radical (unpaired) electrons. The van der Waals surface area contributed by atoms with Crippen LogP contribution in [0.5, 0.6) is 11.5 Å². The standard InChI is InChI=1S/C20H20N2O4/c1-25-13-6-3-5-12(11-13)19-15-8-4-7-14(15)18-16(22(23)24)9-10-17(26-2)20(18)21-19/h3-7,9-11,14-15,19,21H,8H2,1-2H3/t14-,15+,19+/m1/s1. The van der Waals surface area contributed by atoms with Gasteiger partial charge in [0.25, 0.3) is 5.69 Å². The van der Waals surface area contributed by atoms with E-state index in [1.165, 1.54) is 6.07 Å². The van der Waals surface area contributed by atoms with Crippen LogP contribution in [0.1, 0.15) is 29.5 Å². The third-order valence-electron chi connectivity index (χ3n) is 5.33. The number of nitro benzene ring substituents is 1. The molecule has 3 atom stereocenters. The summed E-state index contributed by atoms with van der Waals surface area (Å²) in [6.07, 6.45) is 5.07. The molecule has 4 rings (SSSR count). The highest BCUT2D eigenvalue weighted by atomic mass is 16.6. The van der Waals surface area contributed by atoms with Crippen LogP contribution >= 0.6 is 0 Å². The van der Waals surface area contributed by atoms with Gasteiger partial charge >= 0.3 is 0 Å². The maximum atomic E-state index is 11.6. The van der Waals surface area contributed by atoms with Gasteiger partial charge in [-0.1, -0.05) is 24.3 Å². The fourth-order valence-electron chi connectivity index (χ4n) is 4.16. The van der Waals surface area contributed by atoms with Crippen LogP contribution in [0.15, 0.2) is 48.6 Å². The molecule has 0 spiro atoms. The summed E-state index contributed by atoms with van der Waals surface area (Å²) in [6, 6.07) is 11.2. The van der Waals surface area contributed by atoms with Crippen LogP contribution in [0.2, 0.25) is 0 Å². The molecule has 0 saturated carbocycles. The molecular formula is C20H20N2O4. The molecule has 1 aliphatic heterocycles. The molecule has 1 heterocycles. The van der Waals surface area contributed by atoms with Gasteiger partial charge in [-0.05, 0) is 36.1 Å². The van der Waals surface area contributed by atoms with Crippen molar-refractivity contribution in [1.29, 1.82) is 0 Å². The van der Waals surface area contributed by atoms with Gasteiger partial charge in [-0.25, -0.2) is 0 Å².